The maximum absolute atomic E-state index is 12.6. The number of nitrogens with zero attached hydrogens (tertiary/aromatic N) is 3. The largest absolute Gasteiger partial charge is 0.331 e. The van der Waals surface area contributed by atoms with Gasteiger partial charge in [-0.05, 0) is 31.4 Å². The van der Waals surface area contributed by atoms with Crippen molar-refractivity contribution in [1.29, 1.82) is 0 Å². The minimum absolute atomic E-state index is 0.0663. The molecule has 2 aromatic rings. The van der Waals surface area contributed by atoms with Gasteiger partial charge in [0.15, 0.2) is 0 Å². The molecule has 1 atom stereocenters. The quantitative estimate of drug-likeness (QED) is 0.739. The summed E-state index contributed by atoms with van der Waals surface area (Å²) in [7, 11) is 0. The van der Waals surface area contributed by atoms with Crippen LogP contribution < -0.4 is 5.32 Å². The van der Waals surface area contributed by atoms with E-state index in [1.165, 1.54) is 11.3 Å². The highest BCUT2D eigenvalue weighted by molar-refractivity contribution is 9.10. The maximum atomic E-state index is 12.6. The second kappa shape index (κ2) is 8.73. The van der Waals surface area contributed by atoms with Gasteiger partial charge >= 0.3 is 0 Å². The van der Waals surface area contributed by atoms with Gasteiger partial charge in [0.2, 0.25) is 16.9 Å². The van der Waals surface area contributed by atoms with Gasteiger partial charge in [0.1, 0.15) is 11.0 Å². The molecule has 1 aliphatic rings. The first-order valence-electron chi connectivity index (χ1n) is 8.78. The van der Waals surface area contributed by atoms with Crippen LogP contribution in [0.4, 0.5) is 5.13 Å². The number of aromatic nitrogens is 2. The summed E-state index contributed by atoms with van der Waals surface area (Å²) in [6, 6.07) is 7.37. The average molecular weight is 437 g/mol. The van der Waals surface area contributed by atoms with Crippen LogP contribution in [0.15, 0.2) is 28.7 Å². The summed E-state index contributed by atoms with van der Waals surface area (Å²) in [5.41, 5.74) is 0.939. The minimum Gasteiger partial charge on any atom is -0.331 e. The number of halogens is 1. The van der Waals surface area contributed by atoms with E-state index < -0.39 is 6.04 Å². The van der Waals surface area contributed by atoms with Crippen molar-refractivity contribution in [2.75, 3.05) is 11.9 Å². The van der Waals surface area contributed by atoms with Crippen molar-refractivity contribution in [3.8, 4) is 10.6 Å². The molecule has 0 aliphatic carbocycles. The number of hydrogen-bond acceptors (Lipinski definition) is 5. The van der Waals surface area contributed by atoms with Crippen LogP contribution in [0.5, 0.6) is 0 Å². The molecule has 1 fully saturated rings. The summed E-state index contributed by atoms with van der Waals surface area (Å²) in [5, 5.41) is 12.3. The van der Waals surface area contributed by atoms with Gasteiger partial charge in [0.05, 0.1) is 0 Å². The van der Waals surface area contributed by atoms with Crippen LogP contribution in [0.1, 0.15) is 39.0 Å². The van der Waals surface area contributed by atoms with Crippen molar-refractivity contribution in [2.45, 2.75) is 45.1 Å². The number of benzene rings is 1. The number of rotatable bonds is 6. The molecule has 0 saturated carbocycles. The predicted molar refractivity (Wildman–Crippen MR) is 106 cm³/mol. The molecule has 26 heavy (non-hydrogen) atoms. The van der Waals surface area contributed by atoms with E-state index in [9.17, 15) is 9.59 Å². The van der Waals surface area contributed by atoms with Crippen LogP contribution >= 0.6 is 27.3 Å². The normalized spacial score (nSPS) is 16.7. The van der Waals surface area contributed by atoms with E-state index in [4.69, 9.17) is 0 Å². The summed E-state index contributed by atoms with van der Waals surface area (Å²) in [4.78, 5) is 26.6. The van der Waals surface area contributed by atoms with Crippen molar-refractivity contribution in [1.82, 2.24) is 15.1 Å². The third kappa shape index (κ3) is 4.48. The Balaban J connectivity index is 1.65. The summed E-state index contributed by atoms with van der Waals surface area (Å²) >= 11 is 4.77. The van der Waals surface area contributed by atoms with Crippen molar-refractivity contribution >= 4 is 44.2 Å². The lowest BCUT2D eigenvalue weighted by Gasteiger charge is -2.23. The Kier molecular flexibility index (Phi) is 6.37. The van der Waals surface area contributed by atoms with E-state index in [-0.39, 0.29) is 11.8 Å². The Hall–Kier alpha value is -1.80. The van der Waals surface area contributed by atoms with Crippen LogP contribution in [0, 0.1) is 0 Å². The maximum Gasteiger partial charge on any atom is 0.249 e. The summed E-state index contributed by atoms with van der Waals surface area (Å²) in [6.45, 7) is 2.71. The third-order valence-corrected chi connectivity index (χ3v) is 5.73. The SMILES string of the molecule is CCCCC(=O)N1CCCC1C(=O)Nc1nnc(-c2cccc(Br)c2)s1. The summed E-state index contributed by atoms with van der Waals surface area (Å²) < 4.78 is 0.961. The molecule has 1 aliphatic heterocycles. The fourth-order valence-corrected chi connectivity index (χ4v) is 4.15. The number of unbranched alkanes of at least 4 members (excludes halogenated alkanes) is 1. The third-order valence-electron chi connectivity index (χ3n) is 4.35. The Morgan fingerprint density at radius 2 is 2.23 bits per heavy atom. The topological polar surface area (TPSA) is 75.2 Å². The molecule has 2 heterocycles. The van der Waals surface area contributed by atoms with Crippen LogP contribution in [-0.2, 0) is 9.59 Å². The lowest BCUT2D eigenvalue weighted by Crippen LogP contribution is -2.43. The Bertz CT molecular complexity index is 795. The number of hydrogen-bond donors (Lipinski definition) is 1. The molecule has 0 bridgehead atoms. The number of amides is 2. The summed E-state index contributed by atoms with van der Waals surface area (Å²) in [6.07, 6.45) is 3.89. The predicted octanol–water partition coefficient (Wildman–Crippen LogP) is 4.09. The molecule has 0 spiro atoms. The number of likely N-dealkylation sites (tertiary alicyclic amines) is 1. The van der Waals surface area contributed by atoms with Gasteiger partial charge in [-0.3, -0.25) is 14.9 Å². The monoisotopic (exact) mass is 436 g/mol. The highest BCUT2D eigenvalue weighted by Gasteiger charge is 2.34. The van der Waals surface area contributed by atoms with Gasteiger partial charge < -0.3 is 4.90 Å². The van der Waals surface area contributed by atoms with Gasteiger partial charge in [0, 0.05) is 23.0 Å². The number of carbonyl (C=O) groups excluding carboxylic acids is 2. The second-order valence-corrected chi connectivity index (χ2v) is 8.15. The number of anilines is 1. The molecule has 138 valence electrons. The smallest absolute Gasteiger partial charge is 0.249 e. The Morgan fingerprint density at radius 3 is 3.00 bits per heavy atom. The molecule has 1 aromatic heterocycles. The van der Waals surface area contributed by atoms with Gasteiger partial charge in [-0.2, -0.15) is 0 Å². The zero-order valence-electron chi connectivity index (χ0n) is 14.6. The van der Waals surface area contributed by atoms with Crippen LogP contribution in [0.3, 0.4) is 0 Å². The average Bonchev–Trinajstić information content (AvgIpc) is 3.29. The zero-order chi connectivity index (χ0) is 18.5. The molecule has 1 saturated heterocycles. The van der Waals surface area contributed by atoms with Crippen molar-refractivity contribution in [3.63, 3.8) is 0 Å². The van der Waals surface area contributed by atoms with Gasteiger partial charge in [-0.1, -0.05) is 52.7 Å². The molecule has 0 radical (unpaired) electrons. The van der Waals surface area contributed by atoms with E-state index in [1.807, 2.05) is 24.3 Å². The molecule has 3 rings (SSSR count). The lowest BCUT2D eigenvalue weighted by molar-refractivity contribution is -0.136. The molecule has 6 nitrogen and oxygen atoms in total. The molecule has 1 aromatic carbocycles. The molecule has 8 heteroatoms. The van der Waals surface area contributed by atoms with E-state index in [0.29, 0.717) is 24.5 Å². The van der Waals surface area contributed by atoms with E-state index in [0.717, 1.165) is 34.3 Å². The van der Waals surface area contributed by atoms with Crippen LogP contribution in [0.2, 0.25) is 0 Å². The Labute approximate surface area is 165 Å². The highest BCUT2D eigenvalue weighted by atomic mass is 79.9. The summed E-state index contributed by atoms with van der Waals surface area (Å²) in [5.74, 6) is -0.110. The lowest BCUT2D eigenvalue weighted by atomic mass is 10.2. The van der Waals surface area contributed by atoms with E-state index in [1.54, 1.807) is 4.90 Å². The first-order chi connectivity index (χ1) is 12.6. The first-order valence-corrected chi connectivity index (χ1v) is 10.4. The van der Waals surface area contributed by atoms with Gasteiger partial charge in [-0.15, -0.1) is 10.2 Å². The molecule has 1 N–H and O–H groups in total. The molecule has 2 amide bonds. The fraction of sp³-hybridized carbons (Fsp3) is 0.444. The van der Waals surface area contributed by atoms with E-state index >= 15 is 0 Å². The molecule has 1 unspecified atom stereocenters. The Morgan fingerprint density at radius 1 is 1.38 bits per heavy atom. The minimum atomic E-state index is -0.405. The fourth-order valence-electron chi connectivity index (χ4n) is 3.01. The standard InChI is InChI=1S/C18H21BrN4O2S/c1-2-3-9-15(24)23-10-5-8-14(23)16(25)20-18-22-21-17(26-18)12-6-4-7-13(19)11-12/h4,6-7,11,14H,2-3,5,8-10H2,1H3,(H,20,22,25). The molecular weight excluding hydrogens is 416 g/mol. The number of nitrogens with one attached hydrogen (secondary N) is 1. The number of carbonyl (C=O) groups is 2. The van der Waals surface area contributed by atoms with Crippen molar-refractivity contribution in [3.05, 3.63) is 28.7 Å². The second-order valence-electron chi connectivity index (χ2n) is 6.26. The van der Waals surface area contributed by atoms with Crippen molar-refractivity contribution in [2.24, 2.45) is 0 Å². The molecular formula is C18H21BrN4O2S. The van der Waals surface area contributed by atoms with Gasteiger partial charge in [0.25, 0.3) is 0 Å². The van der Waals surface area contributed by atoms with Gasteiger partial charge in [-0.25, -0.2) is 0 Å². The highest BCUT2D eigenvalue weighted by Crippen LogP contribution is 2.29. The first kappa shape index (κ1) is 19.0. The van der Waals surface area contributed by atoms with E-state index in [2.05, 4.69) is 38.4 Å². The van der Waals surface area contributed by atoms with Crippen LogP contribution in [0.25, 0.3) is 10.6 Å². The van der Waals surface area contributed by atoms with Crippen molar-refractivity contribution < 1.29 is 9.59 Å². The van der Waals surface area contributed by atoms with Crippen LogP contribution in [-0.4, -0.2) is 39.5 Å². The zero-order valence-corrected chi connectivity index (χ0v) is 17.0.